The minimum absolute atomic E-state index is 0.233. The van der Waals surface area contributed by atoms with E-state index in [0.717, 1.165) is 19.5 Å². The Bertz CT molecular complexity index is 341. The SMILES string of the molecule is CCCc1ccc(N(C)CCC(C)(C)CN)cc1. The molecule has 102 valence electrons. The highest BCUT2D eigenvalue weighted by molar-refractivity contribution is 5.46. The molecule has 0 atom stereocenters. The zero-order valence-corrected chi connectivity index (χ0v) is 12.4. The molecule has 0 fully saturated rings. The van der Waals surface area contributed by atoms with E-state index in [1.807, 2.05) is 0 Å². The van der Waals surface area contributed by atoms with Crippen molar-refractivity contribution >= 4 is 5.69 Å². The molecule has 1 rings (SSSR count). The number of nitrogens with zero attached hydrogens (tertiary/aromatic N) is 1. The van der Waals surface area contributed by atoms with E-state index in [1.54, 1.807) is 0 Å². The normalized spacial score (nSPS) is 11.6. The molecule has 0 saturated carbocycles. The van der Waals surface area contributed by atoms with Gasteiger partial charge in [0.2, 0.25) is 0 Å². The van der Waals surface area contributed by atoms with Crippen molar-refractivity contribution < 1.29 is 0 Å². The Morgan fingerprint density at radius 2 is 1.78 bits per heavy atom. The maximum atomic E-state index is 5.77. The molecule has 0 aliphatic carbocycles. The quantitative estimate of drug-likeness (QED) is 0.801. The number of nitrogens with two attached hydrogens (primary N) is 1. The molecule has 0 aliphatic rings. The fourth-order valence-corrected chi connectivity index (χ4v) is 1.91. The molecule has 0 saturated heterocycles. The summed E-state index contributed by atoms with van der Waals surface area (Å²) >= 11 is 0. The number of hydrogen-bond acceptors (Lipinski definition) is 2. The van der Waals surface area contributed by atoms with Gasteiger partial charge >= 0.3 is 0 Å². The van der Waals surface area contributed by atoms with Gasteiger partial charge in [-0.1, -0.05) is 39.3 Å². The summed E-state index contributed by atoms with van der Waals surface area (Å²) in [5.74, 6) is 0. The van der Waals surface area contributed by atoms with Gasteiger partial charge in [-0.15, -0.1) is 0 Å². The number of anilines is 1. The lowest BCUT2D eigenvalue weighted by Crippen LogP contribution is -2.29. The smallest absolute Gasteiger partial charge is 0.0363 e. The van der Waals surface area contributed by atoms with E-state index in [9.17, 15) is 0 Å². The fourth-order valence-electron chi connectivity index (χ4n) is 1.91. The molecule has 0 spiro atoms. The average Bonchev–Trinajstić information content (AvgIpc) is 2.37. The van der Waals surface area contributed by atoms with E-state index >= 15 is 0 Å². The lowest BCUT2D eigenvalue weighted by atomic mass is 9.89. The van der Waals surface area contributed by atoms with Crippen molar-refractivity contribution in [1.29, 1.82) is 0 Å². The third-order valence-electron chi connectivity index (χ3n) is 3.59. The zero-order valence-electron chi connectivity index (χ0n) is 12.4. The standard InChI is InChI=1S/C16H28N2/c1-5-6-14-7-9-15(10-8-14)18(4)12-11-16(2,3)13-17/h7-10H,5-6,11-13,17H2,1-4H3. The summed E-state index contributed by atoms with van der Waals surface area (Å²) in [5, 5.41) is 0. The van der Waals surface area contributed by atoms with Gasteiger partial charge in [0.05, 0.1) is 0 Å². The van der Waals surface area contributed by atoms with Crippen LogP contribution in [-0.4, -0.2) is 20.1 Å². The van der Waals surface area contributed by atoms with Gasteiger partial charge in [0, 0.05) is 19.3 Å². The van der Waals surface area contributed by atoms with E-state index in [2.05, 4.69) is 57.0 Å². The molecule has 0 radical (unpaired) electrons. The first kappa shape index (κ1) is 15.0. The molecule has 0 heterocycles. The van der Waals surface area contributed by atoms with Crippen LogP contribution in [0.15, 0.2) is 24.3 Å². The van der Waals surface area contributed by atoms with Gasteiger partial charge in [0.15, 0.2) is 0 Å². The van der Waals surface area contributed by atoms with Crippen LogP contribution in [0.5, 0.6) is 0 Å². The van der Waals surface area contributed by atoms with E-state index in [1.165, 1.54) is 24.1 Å². The highest BCUT2D eigenvalue weighted by Gasteiger charge is 2.16. The van der Waals surface area contributed by atoms with Crippen LogP contribution in [0, 0.1) is 5.41 Å². The highest BCUT2D eigenvalue weighted by Crippen LogP contribution is 2.21. The molecule has 0 aliphatic heterocycles. The molecule has 18 heavy (non-hydrogen) atoms. The van der Waals surface area contributed by atoms with Gasteiger partial charge in [0.25, 0.3) is 0 Å². The minimum Gasteiger partial charge on any atom is -0.375 e. The molecule has 2 nitrogen and oxygen atoms in total. The van der Waals surface area contributed by atoms with Crippen LogP contribution in [0.25, 0.3) is 0 Å². The van der Waals surface area contributed by atoms with Crippen molar-refractivity contribution in [2.24, 2.45) is 11.1 Å². The second-order valence-corrected chi connectivity index (χ2v) is 5.96. The summed E-state index contributed by atoms with van der Waals surface area (Å²) < 4.78 is 0. The zero-order chi connectivity index (χ0) is 13.6. The third-order valence-corrected chi connectivity index (χ3v) is 3.59. The maximum Gasteiger partial charge on any atom is 0.0363 e. The molecule has 0 bridgehead atoms. The number of rotatable bonds is 7. The first-order chi connectivity index (χ1) is 8.48. The molecular weight excluding hydrogens is 220 g/mol. The summed E-state index contributed by atoms with van der Waals surface area (Å²) in [7, 11) is 2.15. The van der Waals surface area contributed by atoms with Crippen molar-refractivity contribution in [2.75, 3.05) is 25.0 Å². The van der Waals surface area contributed by atoms with Crippen LogP contribution in [0.2, 0.25) is 0 Å². The molecule has 0 aromatic heterocycles. The first-order valence-corrected chi connectivity index (χ1v) is 6.98. The monoisotopic (exact) mass is 248 g/mol. The number of hydrogen-bond donors (Lipinski definition) is 1. The molecule has 1 aromatic carbocycles. The summed E-state index contributed by atoms with van der Waals surface area (Å²) in [6.45, 7) is 8.47. The number of benzene rings is 1. The van der Waals surface area contributed by atoms with E-state index < -0.39 is 0 Å². The van der Waals surface area contributed by atoms with Crippen LogP contribution in [0.1, 0.15) is 39.2 Å². The summed E-state index contributed by atoms with van der Waals surface area (Å²) in [5.41, 5.74) is 8.72. The van der Waals surface area contributed by atoms with Crippen molar-refractivity contribution in [3.63, 3.8) is 0 Å². The van der Waals surface area contributed by atoms with Crippen molar-refractivity contribution in [3.05, 3.63) is 29.8 Å². The Hall–Kier alpha value is -1.02. The summed E-state index contributed by atoms with van der Waals surface area (Å²) in [6, 6.07) is 8.92. The molecule has 0 amide bonds. The molecule has 2 heteroatoms. The van der Waals surface area contributed by atoms with Gasteiger partial charge < -0.3 is 10.6 Å². The first-order valence-electron chi connectivity index (χ1n) is 6.98. The van der Waals surface area contributed by atoms with Crippen molar-refractivity contribution in [1.82, 2.24) is 0 Å². The van der Waals surface area contributed by atoms with Crippen LogP contribution in [-0.2, 0) is 6.42 Å². The second kappa shape index (κ2) is 6.79. The van der Waals surface area contributed by atoms with Crippen molar-refractivity contribution in [3.8, 4) is 0 Å². The van der Waals surface area contributed by atoms with Gasteiger partial charge in [0.1, 0.15) is 0 Å². The Morgan fingerprint density at radius 1 is 1.17 bits per heavy atom. The van der Waals surface area contributed by atoms with E-state index in [0.29, 0.717) is 0 Å². The van der Waals surface area contributed by atoms with Crippen LogP contribution < -0.4 is 10.6 Å². The van der Waals surface area contributed by atoms with Gasteiger partial charge in [-0.05, 0) is 42.5 Å². The highest BCUT2D eigenvalue weighted by atomic mass is 15.1. The minimum atomic E-state index is 0.233. The largest absolute Gasteiger partial charge is 0.375 e. The lowest BCUT2D eigenvalue weighted by Gasteiger charge is -2.27. The number of aryl methyl sites for hydroxylation is 1. The third kappa shape index (κ3) is 4.69. The Morgan fingerprint density at radius 3 is 2.28 bits per heavy atom. The Kier molecular flexibility index (Phi) is 5.67. The molecular formula is C16H28N2. The Labute approximate surface area is 112 Å². The molecule has 1 aromatic rings. The average molecular weight is 248 g/mol. The van der Waals surface area contributed by atoms with Gasteiger partial charge in [-0.25, -0.2) is 0 Å². The fraction of sp³-hybridized carbons (Fsp3) is 0.625. The molecule has 2 N–H and O–H groups in total. The van der Waals surface area contributed by atoms with Crippen molar-refractivity contribution in [2.45, 2.75) is 40.0 Å². The van der Waals surface area contributed by atoms with E-state index in [4.69, 9.17) is 5.73 Å². The maximum absolute atomic E-state index is 5.77. The van der Waals surface area contributed by atoms with E-state index in [-0.39, 0.29) is 5.41 Å². The van der Waals surface area contributed by atoms with Gasteiger partial charge in [-0.3, -0.25) is 0 Å². The second-order valence-electron chi connectivity index (χ2n) is 5.96. The van der Waals surface area contributed by atoms with Crippen LogP contribution >= 0.6 is 0 Å². The predicted molar refractivity (Wildman–Crippen MR) is 81.2 cm³/mol. The van der Waals surface area contributed by atoms with Crippen LogP contribution in [0.3, 0.4) is 0 Å². The lowest BCUT2D eigenvalue weighted by molar-refractivity contribution is 0.351. The summed E-state index contributed by atoms with van der Waals surface area (Å²) in [4.78, 5) is 2.31. The van der Waals surface area contributed by atoms with Crippen LogP contribution in [0.4, 0.5) is 5.69 Å². The molecule has 0 unspecified atom stereocenters. The Balaban J connectivity index is 2.53. The predicted octanol–water partition coefficient (Wildman–Crippen LogP) is 3.45. The summed E-state index contributed by atoms with van der Waals surface area (Å²) in [6.07, 6.45) is 3.50. The van der Waals surface area contributed by atoms with Gasteiger partial charge in [-0.2, -0.15) is 0 Å². The topological polar surface area (TPSA) is 29.3 Å².